The Balaban J connectivity index is 3.24. The van der Waals surface area contributed by atoms with Gasteiger partial charge < -0.3 is 14.7 Å². The zero-order valence-corrected chi connectivity index (χ0v) is 10.9. The van der Waals surface area contributed by atoms with Crippen LogP contribution in [0.3, 0.4) is 0 Å². The number of benzene rings is 1. The zero-order chi connectivity index (χ0) is 14.4. The Labute approximate surface area is 110 Å². The molecule has 0 aliphatic heterocycles. The maximum absolute atomic E-state index is 12.6. The van der Waals surface area contributed by atoms with E-state index in [1.165, 1.54) is 18.9 Å². The molecule has 0 saturated carbocycles. The first-order valence-electron chi connectivity index (χ1n) is 5.83. The van der Waals surface area contributed by atoms with Gasteiger partial charge in [-0.25, -0.2) is 8.78 Å². The Hall–Kier alpha value is -1.69. The molecule has 6 heteroatoms. The van der Waals surface area contributed by atoms with Gasteiger partial charge in [0.2, 0.25) is 0 Å². The van der Waals surface area contributed by atoms with Gasteiger partial charge >= 0.3 is 0 Å². The summed E-state index contributed by atoms with van der Waals surface area (Å²) >= 11 is 0. The molecule has 1 aromatic rings. The van der Waals surface area contributed by atoms with Gasteiger partial charge in [-0.05, 0) is 19.1 Å². The van der Waals surface area contributed by atoms with E-state index in [0.29, 0.717) is 11.4 Å². The average molecular weight is 273 g/mol. The van der Waals surface area contributed by atoms with Gasteiger partial charge in [0, 0.05) is 6.54 Å². The van der Waals surface area contributed by atoms with Crippen molar-refractivity contribution >= 4 is 11.5 Å². The van der Waals surface area contributed by atoms with Crippen molar-refractivity contribution in [2.75, 3.05) is 31.7 Å². The molecule has 0 unspecified atom stereocenters. The van der Waals surface area contributed by atoms with Gasteiger partial charge in [-0.15, -0.1) is 0 Å². The lowest BCUT2D eigenvalue weighted by Crippen LogP contribution is -2.32. The van der Waals surface area contributed by atoms with Gasteiger partial charge in [-0.1, -0.05) is 6.07 Å². The maximum atomic E-state index is 12.6. The highest BCUT2D eigenvalue weighted by molar-refractivity contribution is 6.02. The van der Waals surface area contributed by atoms with Gasteiger partial charge in [0.25, 0.3) is 6.43 Å². The van der Waals surface area contributed by atoms with Crippen molar-refractivity contribution in [3.05, 3.63) is 23.8 Å². The van der Waals surface area contributed by atoms with Crippen molar-refractivity contribution in [2.24, 2.45) is 0 Å². The summed E-state index contributed by atoms with van der Waals surface area (Å²) in [6, 6.07) is 4.79. The van der Waals surface area contributed by atoms with Crippen LogP contribution in [0.2, 0.25) is 0 Å². The second-order valence-corrected chi connectivity index (χ2v) is 3.97. The first-order valence-corrected chi connectivity index (χ1v) is 5.83. The fourth-order valence-electron chi connectivity index (χ4n) is 1.90. The average Bonchev–Trinajstić information content (AvgIpc) is 2.36. The van der Waals surface area contributed by atoms with Crippen LogP contribution in [0.25, 0.3) is 0 Å². The molecular formula is C13H17F2NO3. The summed E-state index contributed by atoms with van der Waals surface area (Å²) < 4.78 is 30.2. The molecule has 0 spiro atoms. The third-order valence-electron chi connectivity index (χ3n) is 2.65. The molecule has 0 aliphatic carbocycles. The number of ether oxygens (including phenoxy) is 1. The number of ketones is 1. The maximum Gasteiger partial charge on any atom is 0.255 e. The minimum absolute atomic E-state index is 0.0256. The molecule has 0 aliphatic rings. The molecule has 0 radical (unpaired) electrons. The van der Waals surface area contributed by atoms with Crippen LogP contribution in [0.15, 0.2) is 18.2 Å². The predicted molar refractivity (Wildman–Crippen MR) is 68.3 cm³/mol. The van der Waals surface area contributed by atoms with E-state index in [1.807, 2.05) is 0 Å². The highest BCUT2D eigenvalue weighted by Gasteiger charge is 2.20. The number of aliphatic hydroxyl groups excluding tert-OH is 1. The van der Waals surface area contributed by atoms with Crippen LogP contribution >= 0.6 is 0 Å². The predicted octanol–water partition coefficient (Wildman–Crippen LogP) is 1.96. The van der Waals surface area contributed by atoms with Gasteiger partial charge in [0.05, 0.1) is 31.5 Å². The van der Waals surface area contributed by atoms with E-state index in [9.17, 15) is 13.6 Å². The van der Waals surface area contributed by atoms with Crippen LogP contribution in [0.4, 0.5) is 14.5 Å². The number of hydrogen-bond acceptors (Lipinski definition) is 4. The quantitative estimate of drug-likeness (QED) is 0.772. The van der Waals surface area contributed by atoms with E-state index < -0.39 is 13.0 Å². The standard InChI is InChI=1S/C13H17F2NO3/c1-9(18)13-10(4-3-5-11(13)19-2)16(6-7-17)8-12(14)15/h3-5,12,17H,6-8H2,1-2H3. The van der Waals surface area contributed by atoms with E-state index in [4.69, 9.17) is 9.84 Å². The van der Waals surface area contributed by atoms with E-state index in [-0.39, 0.29) is 24.5 Å². The van der Waals surface area contributed by atoms with Crippen molar-refractivity contribution in [1.82, 2.24) is 0 Å². The smallest absolute Gasteiger partial charge is 0.255 e. The van der Waals surface area contributed by atoms with Crippen molar-refractivity contribution in [2.45, 2.75) is 13.3 Å². The lowest BCUT2D eigenvalue weighted by atomic mass is 10.1. The molecule has 0 fully saturated rings. The topological polar surface area (TPSA) is 49.8 Å². The largest absolute Gasteiger partial charge is 0.496 e. The minimum Gasteiger partial charge on any atom is -0.496 e. The number of aliphatic hydroxyl groups is 1. The van der Waals surface area contributed by atoms with Crippen LogP contribution in [0, 0.1) is 0 Å². The molecule has 19 heavy (non-hydrogen) atoms. The molecule has 0 amide bonds. The number of methoxy groups -OCH3 is 1. The molecule has 0 saturated heterocycles. The third-order valence-corrected chi connectivity index (χ3v) is 2.65. The lowest BCUT2D eigenvalue weighted by molar-refractivity contribution is 0.101. The third kappa shape index (κ3) is 3.89. The zero-order valence-electron chi connectivity index (χ0n) is 10.9. The number of nitrogens with zero attached hydrogens (tertiary/aromatic N) is 1. The highest BCUT2D eigenvalue weighted by atomic mass is 19.3. The highest BCUT2D eigenvalue weighted by Crippen LogP contribution is 2.30. The first kappa shape index (κ1) is 15.4. The molecule has 4 nitrogen and oxygen atoms in total. The molecule has 0 aromatic heterocycles. The lowest BCUT2D eigenvalue weighted by Gasteiger charge is -2.26. The van der Waals surface area contributed by atoms with E-state index >= 15 is 0 Å². The minimum atomic E-state index is -2.56. The number of hydrogen-bond donors (Lipinski definition) is 1. The Morgan fingerprint density at radius 2 is 2.16 bits per heavy atom. The number of rotatable bonds is 7. The van der Waals surface area contributed by atoms with Crippen molar-refractivity contribution < 1.29 is 23.4 Å². The van der Waals surface area contributed by atoms with E-state index in [2.05, 4.69) is 0 Å². The fourth-order valence-corrected chi connectivity index (χ4v) is 1.90. The Morgan fingerprint density at radius 1 is 1.47 bits per heavy atom. The first-order chi connectivity index (χ1) is 9.01. The van der Waals surface area contributed by atoms with Gasteiger partial charge in [0.15, 0.2) is 5.78 Å². The molecule has 1 aromatic carbocycles. The number of anilines is 1. The van der Waals surface area contributed by atoms with Crippen molar-refractivity contribution in [3.63, 3.8) is 0 Å². The van der Waals surface area contributed by atoms with Gasteiger partial charge in [-0.3, -0.25) is 4.79 Å². The van der Waals surface area contributed by atoms with Crippen LogP contribution in [-0.4, -0.2) is 44.1 Å². The van der Waals surface area contributed by atoms with Gasteiger partial charge in [0.1, 0.15) is 5.75 Å². The Morgan fingerprint density at radius 3 is 2.63 bits per heavy atom. The summed E-state index contributed by atoms with van der Waals surface area (Å²) in [5.74, 6) is 0.0619. The second kappa shape index (κ2) is 7.04. The number of carbonyl (C=O) groups excluding carboxylic acids is 1. The molecule has 0 heterocycles. The molecule has 1 rings (SSSR count). The summed E-state index contributed by atoms with van der Waals surface area (Å²) in [7, 11) is 1.41. The Kier molecular flexibility index (Phi) is 5.69. The molecule has 106 valence electrons. The molecule has 0 atom stereocenters. The normalized spacial score (nSPS) is 10.6. The summed E-state index contributed by atoms with van der Waals surface area (Å²) in [5.41, 5.74) is 0.598. The van der Waals surface area contributed by atoms with Crippen LogP contribution in [0.5, 0.6) is 5.75 Å². The summed E-state index contributed by atoms with van der Waals surface area (Å²) in [6.07, 6.45) is -2.56. The SMILES string of the molecule is COc1cccc(N(CCO)CC(F)F)c1C(C)=O. The van der Waals surface area contributed by atoms with Crippen molar-refractivity contribution in [1.29, 1.82) is 0 Å². The Bertz CT molecular complexity index is 438. The number of carbonyl (C=O) groups is 1. The summed E-state index contributed by atoms with van der Waals surface area (Å²) in [6.45, 7) is 0.550. The molecule has 1 N–H and O–H groups in total. The van der Waals surface area contributed by atoms with E-state index in [1.54, 1.807) is 18.2 Å². The second-order valence-electron chi connectivity index (χ2n) is 3.97. The number of halogens is 2. The summed E-state index contributed by atoms with van der Waals surface area (Å²) in [4.78, 5) is 13.0. The van der Waals surface area contributed by atoms with Crippen molar-refractivity contribution in [3.8, 4) is 5.75 Å². The number of Topliss-reactive ketones (excluding diaryl/α,β-unsaturated/α-hetero) is 1. The molecule has 0 bridgehead atoms. The van der Waals surface area contributed by atoms with Gasteiger partial charge in [-0.2, -0.15) is 0 Å². The van der Waals surface area contributed by atoms with Crippen LogP contribution in [-0.2, 0) is 0 Å². The van der Waals surface area contributed by atoms with E-state index in [0.717, 1.165) is 0 Å². The fraction of sp³-hybridized carbons (Fsp3) is 0.462. The monoisotopic (exact) mass is 273 g/mol. The van der Waals surface area contributed by atoms with Crippen LogP contribution < -0.4 is 9.64 Å². The van der Waals surface area contributed by atoms with Crippen LogP contribution in [0.1, 0.15) is 17.3 Å². The molecular weight excluding hydrogens is 256 g/mol. The summed E-state index contributed by atoms with van der Waals surface area (Å²) in [5, 5.41) is 8.96. The number of alkyl halides is 2.